The molecule has 0 unspecified atom stereocenters. The zero-order chi connectivity index (χ0) is 19.2. The van der Waals surface area contributed by atoms with Crippen LogP contribution >= 0.6 is 11.6 Å². The number of carbonyl (C=O) groups is 1. The predicted octanol–water partition coefficient (Wildman–Crippen LogP) is 4.34. The van der Waals surface area contributed by atoms with Gasteiger partial charge in [0.25, 0.3) is 0 Å². The predicted molar refractivity (Wildman–Crippen MR) is 107 cm³/mol. The Balaban J connectivity index is 1.68. The van der Waals surface area contributed by atoms with E-state index < -0.39 is 0 Å². The monoisotopic (exact) mass is 383 g/mol. The van der Waals surface area contributed by atoms with Crippen LogP contribution in [0.1, 0.15) is 23.6 Å². The molecule has 0 saturated heterocycles. The lowest BCUT2D eigenvalue weighted by atomic mass is 10.1. The molecule has 1 heterocycles. The highest BCUT2D eigenvalue weighted by molar-refractivity contribution is 6.30. The van der Waals surface area contributed by atoms with Gasteiger partial charge in [-0.3, -0.25) is 4.79 Å². The van der Waals surface area contributed by atoms with Crippen molar-refractivity contribution in [3.8, 4) is 5.75 Å². The molecule has 3 rings (SSSR count). The van der Waals surface area contributed by atoms with Crippen LogP contribution in [0.15, 0.2) is 54.7 Å². The molecule has 2 aromatic carbocycles. The number of anilines is 1. The van der Waals surface area contributed by atoms with Crippen molar-refractivity contribution in [2.75, 3.05) is 12.4 Å². The van der Waals surface area contributed by atoms with Crippen molar-refractivity contribution in [1.82, 2.24) is 9.78 Å². The topological polar surface area (TPSA) is 56.2 Å². The largest absolute Gasteiger partial charge is 0.496 e. The number of nitrogens with one attached hydrogen (secondary N) is 1. The molecule has 6 heteroatoms. The fourth-order valence-electron chi connectivity index (χ4n) is 2.86. The first-order valence-corrected chi connectivity index (χ1v) is 9.18. The van der Waals surface area contributed by atoms with Crippen molar-refractivity contribution in [1.29, 1.82) is 0 Å². The summed E-state index contributed by atoms with van der Waals surface area (Å²) in [7, 11) is 1.57. The molecule has 27 heavy (non-hydrogen) atoms. The van der Waals surface area contributed by atoms with Gasteiger partial charge in [-0.1, -0.05) is 42.8 Å². The number of methoxy groups -OCH3 is 1. The van der Waals surface area contributed by atoms with Gasteiger partial charge in [-0.05, 0) is 35.7 Å². The second-order valence-corrected chi connectivity index (χ2v) is 6.66. The van der Waals surface area contributed by atoms with Gasteiger partial charge in [0.1, 0.15) is 11.6 Å². The number of halogens is 1. The minimum absolute atomic E-state index is 0.154. The number of hydrogen-bond acceptors (Lipinski definition) is 3. The number of nitrogens with zero attached hydrogens (tertiary/aromatic N) is 2. The van der Waals surface area contributed by atoms with Crippen LogP contribution in [0, 0.1) is 0 Å². The smallest absolute Gasteiger partial charge is 0.230 e. The Morgan fingerprint density at radius 3 is 2.59 bits per heavy atom. The average molecular weight is 384 g/mol. The van der Waals surface area contributed by atoms with Gasteiger partial charge < -0.3 is 10.1 Å². The first-order chi connectivity index (χ1) is 13.1. The lowest BCUT2D eigenvalue weighted by Gasteiger charge is -2.11. The van der Waals surface area contributed by atoms with Crippen molar-refractivity contribution in [3.63, 3.8) is 0 Å². The van der Waals surface area contributed by atoms with E-state index in [-0.39, 0.29) is 12.3 Å². The van der Waals surface area contributed by atoms with Gasteiger partial charge in [0.15, 0.2) is 0 Å². The van der Waals surface area contributed by atoms with Gasteiger partial charge in [-0.2, -0.15) is 5.10 Å². The number of amides is 1. The van der Waals surface area contributed by atoms with Crippen LogP contribution in [0.5, 0.6) is 5.75 Å². The number of aromatic nitrogens is 2. The van der Waals surface area contributed by atoms with Crippen LogP contribution < -0.4 is 10.1 Å². The van der Waals surface area contributed by atoms with Crippen molar-refractivity contribution in [2.45, 2.75) is 26.3 Å². The van der Waals surface area contributed by atoms with E-state index in [0.717, 1.165) is 17.5 Å². The normalized spacial score (nSPS) is 10.6. The van der Waals surface area contributed by atoms with Crippen LogP contribution in [-0.4, -0.2) is 22.8 Å². The molecule has 0 aliphatic rings. The highest BCUT2D eigenvalue weighted by Crippen LogP contribution is 2.23. The molecule has 0 saturated carbocycles. The summed E-state index contributed by atoms with van der Waals surface area (Å²) in [4.78, 5) is 12.5. The second-order valence-electron chi connectivity index (χ2n) is 6.23. The molecule has 0 radical (unpaired) electrons. The van der Waals surface area contributed by atoms with Crippen LogP contribution in [0.25, 0.3) is 0 Å². The first kappa shape index (κ1) is 19.0. The molecule has 0 aliphatic heterocycles. The van der Waals surface area contributed by atoms with Gasteiger partial charge in [-0.15, -0.1) is 0 Å². The van der Waals surface area contributed by atoms with Crippen molar-refractivity contribution in [3.05, 3.63) is 76.4 Å². The van der Waals surface area contributed by atoms with Gasteiger partial charge in [-0.25, -0.2) is 4.68 Å². The number of carbonyl (C=O) groups excluding carboxylic acids is 1. The van der Waals surface area contributed by atoms with E-state index in [4.69, 9.17) is 16.3 Å². The number of ether oxygens (including phenoxy) is 1. The van der Waals surface area contributed by atoms with Crippen molar-refractivity contribution >= 4 is 23.3 Å². The molecule has 1 aromatic heterocycles. The molecule has 1 N–H and O–H groups in total. The van der Waals surface area contributed by atoms with Crippen LogP contribution in [0.4, 0.5) is 5.82 Å². The number of hydrogen-bond donors (Lipinski definition) is 1. The summed E-state index contributed by atoms with van der Waals surface area (Å²) >= 11 is 6.04. The van der Waals surface area contributed by atoms with Crippen molar-refractivity contribution in [2.24, 2.45) is 0 Å². The van der Waals surface area contributed by atoms with E-state index >= 15 is 0 Å². The van der Waals surface area contributed by atoms with E-state index in [2.05, 4.69) is 41.6 Å². The molecule has 140 valence electrons. The summed E-state index contributed by atoms with van der Waals surface area (Å²) < 4.78 is 7.07. The minimum Gasteiger partial charge on any atom is -0.496 e. The SMILES string of the molecule is CCc1ccc(Cn2nccc2NC(=O)Cc2cc(Cl)ccc2OC)cc1. The molecule has 0 bridgehead atoms. The number of aryl methyl sites for hydroxylation is 1. The number of benzene rings is 2. The van der Waals surface area contributed by atoms with E-state index in [9.17, 15) is 4.79 Å². The Morgan fingerprint density at radius 2 is 1.89 bits per heavy atom. The lowest BCUT2D eigenvalue weighted by Crippen LogP contribution is -2.18. The number of rotatable bonds is 7. The fraction of sp³-hybridized carbons (Fsp3) is 0.238. The van der Waals surface area contributed by atoms with E-state index in [1.807, 2.05) is 0 Å². The maximum absolute atomic E-state index is 12.5. The quantitative estimate of drug-likeness (QED) is 0.660. The lowest BCUT2D eigenvalue weighted by molar-refractivity contribution is -0.115. The van der Waals surface area contributed by atoms with E-state index in [0.29, 0.717) is 23.1 Å². The molecule has 3 aromatic rings. The summed E-state index contributed by atoms with van der Waals surface area (Å²) in [5, 5.41) is 7.80. The molecular formula is C21H22ClN3O2. The Labute approximate surface area is 163 Å². The zero-order valence-electron chi connectivity index (χ0n) is 15.4. The minimum atomic E-state index is -0.154. The third kappa shape index (κ3) is 4.89. The molecule has 0 fully saturated rings. The maximum atomic E-state index is 12.5. The molecule has 0 spiro atoms. The van der Waals surface area contributed by atoms with Gasteiger partial charge in [0, 0.05) is 16.7 Å². The summed E-state index contributed by atoms with van der Waals surface area (Å²) in [6, 6.07) is 15.4. The maximum Gasteiger partial charge on any atom is 0.230 e. The van der Waals surface area contributed by atoms with Gasteiger partial charge >= 0.3 is 0 Å². The van der Waals surface area contributed by atoms with Gasteiger partial charge in [0.2, 0.25) is 5.91 Å². The first-order valence-electron chi connectivity index (χ1n) is 8.81. The Morgan fingerprint density at radius 1 is 1.15 bits per heavy atom. The average Bonchev–Trinajstić information content (AvgIpc) is 3.09. The van der Waals surface area contributed by atoms with Crippen LogP contribution in [-0.2, 0) is 24.2 Å². The van der Waals surface area contributed by atoms with E-state index in [1.54, 1.807) is 42.3 Å². The van der Waals surface area contributed by atoms with Crippen LogP contribution in [0.2, 0.25) is 5.02 Å². The molecular weight excluding hydrogens is 362 g/mol. The summed E-state index contributed by atoms with van der Waals surface area (Å²) in [5.74, 6) is 1.14. The second kappa shape index (κ2) is 8.73. The Kier molecular flexibility index (Phi) is 6.14. The molecule has 0 aliphatic carbocycles. The summed E-state index contributed by atoms with van der Waals surface area (Å²) in [6.07, 6.45) is 2.85. The highest BCUT2D eigenvalue weighted by Gasteiger charge is 2.12. The Bertz CT molecular complexity index is 919. The summed E-state index contributed by atoms with van der Waals surface area (Å²) in [5.41, 5.74) is 3.16. The molecule has 1 amide bonds. The molecule has 5 nitrogen and oxygen atoms in total. The van der Waals surface area contributed by atoms with Crippen molar-refractivity contribution < 1.29 is 9.53 Å². The summed E-state index contributed by atoms with van der Waals surface area (Å²) in [6.45, 7) is 2.72. The standard InChI is InChI=1S/C21H22ClN3O2/c1-3-15-4-6-16(7-5-15)14-25-20(10-11-23-25)24-21(26)13-17-12-18(22)8-9-19(17)27-2/h4-12H,3,13-14H2,1-2H3,(H,24,26). The third-order valence-electron chi connectivity index (χ3n) is 4.34. The fourth-order valence-corrected chi connectivity index (χ4v) is 3.06. The highest BCUT2D eigenvalue weighted by atomic mass is 35.5. The van der Waals surface area contributed by atoms with Crippen LogP contribution in [0.3, 0.4) is 0 Å². The Hall–Kier alpha value is -2.79. The molecule has 0 atom stereocenters. The van der Waals surface area contributed by atoms with E-state index in [1.165, 1.54) is 5.56 Å². The zero-order valence-corrected chi connectivity index (χ0v) is 16.2. The van der Waals surface area contributed by atoms with Gasteiger partial charge in [0.05, 0.1) is 26.3 Å². The third-order valence-corrected chi connectivity index (χ3v) is 4.58.